The summed E-state index contributed by atoms with van der Waals surface area (Å²) in [5.41, 5.74) is 0.440. The van der Waals surface area contributed by atoms with Crippen LogP contribution in [-0.4, -0.2) is 52.5 Å². The second-order valence-electron chi connectivity index (χ2n) is 3.68. The molecule has 0 aromatic rings. The van der Waals surface area contributed by atoms with Gasteiger partial charge in [-0.15, -0.1) is 0 Å². The van der Waals surface area contributed by atoms with Crippen LogP contribution in [-0.2, 0) is 14.4 Å². The Labute approximate surface area is 97.8 Å². The molecule has 0 atom stereocenters. The molecule has 0 spiro atoms. The van der Waals surface area contributed by atoms with Crippen molar-refractivity contribution in [3.8, 4) is 0 Å². The number of carboxylic acid groups (broad SMARTS) is 2. The van der Waals surface area contributed by atoms with Crippen molar-refractivity contribution in [1.29, 1.82) is 0 Å². The van der Waals surface area contributed by atoms with Crippen LogP contribution in [0, 0.1) is 0 Å². The summed E-state index contributed by atoms with van der Waals surface area (Å²) in [6, 6.07) is 0. The summed E-state index contributed by atoms with van der Waals surface area (Å²) in [6.45, 7) is -0.761. The van der Waals surface area contributed by atoms with Crippen LogP contribution >= 0.6 is 0 Å². The third kappa shape index (κ3) is 4.60. The van der Waals surface area contributed by atoms with Crippen LogP contribution in [0.4, 0.5) is 0 Å². The molecule has 0 unspecified atom stereocenters. The molecule has 1 aliphatic carbocycles. The predicted octanol–water partition coefficient (Wildman–Crippen LogP) is -0.0870. The van der Waals surface area contributed by atoms with E-state index in [0.717, 1.165) is 0 Å². The summed E-state index contributed by atoms with van der Waals surface area (Å²) in [6.07, 6.45) is 5.27. The third-order valence-corrected chi connectivity index (χ3v) is 2.21. The first kappa shape index (κ1) is 13.1. The summed E-state index contributed by atoms with van der Waals surface area (Å²) < 4.78 is 0. The number of ketones is 1. The molecule has 1 rings (SSSR count). The van der Waals surface area contributed by atoms with Gasteiger partial charge >= 0.3 is 11.9 Å². The molecular formula is C11H13NO5. The maximum absolute atomic E-state index is 11.5. The first-order valence-corrected chi connectivity index (χ1v) is 5.04. The Morgan fingerprint density at radius 3 is 2.29 bits per heavy atom. The lowest BCUT2D eigenvalue weighted by atomic mass is 10.0. The molecule has 1 aliphatic rings. The van der Waals surface area contributed by atoms with Crippen LogP contribution in [0.3, 0.4) is 0 Å². The van der Waals surface area contributed by atoms with E-state index < -0.39 is 25.0 Å². The zero-order valence-corrected chi connectivity index (χ0v) is 9.13. The maximum atomic E-state index is 11.5. The van der Waals surface area contributed by atoms with Gasteiger partial charge in [0.15, 0.2) is 5.78 Å². The predicted molar refractivity (Wildman–Crippen MR) is 58.6 cm³/mol. The zero-order valence-electron chi connectivity index (χ0n) is 9.13. The molecule has 17 heavy (non-hydrogen) atoms. The Balaban J connectivity index is 2.67. The van der Waals surface area contributed by atoms with Crippen molar-refractivity contribution < 1.29 is 24.6 Å². The highest BCUT2D eigenvalue weighted by Crippen LogP contribution is 2.09. The van der Waals surface area contributed by atoms with E-state index in [1.807, 2.05) is 0 Å². The van der Waals surface area contributed by atoms with E-state index in [9.17, 15) is 14.4 Å². The number of hydrogen-bond acceptors (Lipinski definition) is 4. The van der Waals surface area contributed by atoms with E-state index in [0.29, 0.717) is 5.57 Å². The molecule has 0 saturated heterocycles. The van der Waals surface area contributed by atoms with E-state index in [-0.39, 0.29) is 18.7 Å². The Kier molecular flexibility index (Phi) is 4.59. The van der Waals surface area contributed by atoms with Gasteiger partial charge in [0.1, 0.15) is 0 Å². The molecule has 0 aromatic heterocycles. The lowest BCUT2D eigenvalue weighted by molar-refractivity contribution is -0.141. The second-order valence-corrected chi connectivity index (χ2v) is 3.68. The number of aliphatic carboxylic acids is 2. The van der Waals surface area contributed by atoms with Crippen molar-refractivity contribution >= 4 is 17.7 Å². The van der Waals surface area contributed by atoms with Crippen molar-refractivity contribution in [3.05, 3.63) is 23.8 Å². The van der Waals surface area contributed by atoms with Gasteiger partial charge in [-0.1, -0.05) is 18.2 Å². The monoisotopic (exact) mass is 239 g/mol. The minimum absolute atomic E-state index is 0.0434. The lowest BCUT2D eigenvalue weighted by Crippen LogP contribution is -2.37. The number of carboxylic acids is 2. The summed E-state index contributed by atoms with van der Waals surface area (Å²) in [5, 5.41) is 17.3. The van der Waals surface area contributed by atoms with Crippen LogP contribution in [0.2, 0.25) is 0 Å². The Hall–Kier alpha value is -1.95. The van der Waals surface area contributed by atoms with Crippen LogP contribution in [0.1, 0.15) is 6.42 Å². The minimum Gasteiger partial charge on any atom is -0.480 e. The molecule has 0 aliphatic heterocycles. The van der Waals surface area contributed by atoms with Gasteiger partial charge in [-0.3, -0.25) is 19.3 Å². The van der Waals surface area contributed by atoms with Gasteiger partial charge in [0.25, 0.3) is 0 Å². The van der Waals surface area contributed by atoms with Crippen molar-refractivity contribution in [1.82, 2.24) is 4.90 Å². The smallest absolute Gasteiger partial charge is 0.317 e. The topological polar surface area (TPSA) is 94.9 Å². The molecule has 0 aromatic carbocycles. The highest BCUT2D eigenvalue weighted by atomic mass is 16.4. The largest absolute Gasteiger partial charge is 0.480 e. The molecule has 0 amide bonds. The standard InChI is InChI=1S/C11H13NO5/c13-9-4-2-1-3-8(9)5-12(6-10(14)15)7-11(16)17/h1-3H,4-7H2,(H,14,15)(H,16,17). The Morgan fingerprint density at radius 2 is 1.82 bits per heavy atom. The fraction of sp³-hybridized carbons (Fsp3) is 0.364. The normalized spacial score (nSPS) is 14.9. The van der Waals surface area contributed by atoms with Crippen LogP contribution in [0.5, 0.6) is 0 Å². The van der Waals surface area contributed by atoms with Gasteiger partial charge in [-0.05, 0) is 0 Å². The molecule has 6 nitrogen and oxygen atoms in total. The third-order valence-electron chi connectivity index (χ3n) is 2.21. The van der Waals surface area contributed by atoms with Gasteiger partial charge < -0.3 is 10.2 Å². The number of Topliss-reactive ketones (excluding diaryl/α,β-unsaturated/α-hetero) is 1. The van der Waals surface area contributed by atoms with Gasteiger partial charge in [-0.2, -0.15) is 0 Å². The van der Waals surface area contributed by atoms with Crippen LogP contribution in [0.15, 0.2) is 23.8 Å². The zero-order chi connectivity index (χ0) is 12.8. The van der Waals surface area contributed by atoms with E-state index in [1.165, 1.54) is 4.90 Å². The summed E-state index contributed by atoms with van der Waals surface area (Å²) in [7, 11) is 0. The molecule has 2 N–H and O–H groups in total. The number of nitrogens with zero attached hydrogens (tertiary/aromatic N) is 1. The first-order valence-electron chi connectivity index (χ1n) is 5.04. The van der Waals surface area contributed by atoms with Crippen molar-refractivity contribution in [3.63, 3.8) is 0 Å². The maximum Gasteiger partial charge on any atom is 0.317 e. The highest BCUT2D eigenvalue weighted by molar-refractivity contribution is 5.98. The summed E-state index contributed by atoms with van der Waals surface area (Å²) >= 11 is 0. The lowest BCUT2D eigenvalue weighted by Gasteiger charge is -2.19. The number of carbonyl (C=O) groups is 3. The average Bonchev–Trinajstić information content (AvgIpc) is 2.19. The Morgan fingerprint density at radius 1 is 1.24 bits per heavy atom. The molecule has 92 valence electrons. The quantitative estimate of drug-likeness (QED) is 0.672. The second kappa shape index (κ2) is 5.95. The molecule has 6 heteroatoms. The molecule has 0 heterocycles. The number of hydrogen-bond donors (Lipinski definition) is 2. The van der Waals surface area contributed by atoms with Crippen LogP contribution < -0.4 is 0 Å². The van der Waals surface area contributed by atoms with Gasteiger partial charge in [-0.25, -0.2) is 0 Å². The van der Waals surface area contributed by atoms with E-state index in [1.54, 1.807) is 18.2 Å². The fourth-order valence-corrected chi connectivity index (χ4v) is 1.52. The van der Waals surface area contributed by atoms with Crippen molar-refractivity contribution in [2.75, 3.05) is 19.6 Å². The van der Waals surface area contributed by atoms with Gasteiger partial charge in [0, 0.05) is 18.5 Å². The average molecular weight is 239 g/mol. The van der Waals surface area contributed by atoms with Gasteiger partial charge in [0.2, 0.25) is 0 Å². The van der Waals surface area contributed by atoms with E-state index >= 15 is 0 Å². The minimum atomic E-state index is -1.12. The molecule has 0 saturated carbocycles. The Bertz CT molecular complexity index is 381. The van der Waals surface area contributed by atoms with E-state index in [2.05, 4.69) is 0 Å². The molecule has 0 radical (unpaired) electrons. The molecule has 0 fully saturated rings. The summed E-state index contributed by atoms with van der Waals surface area (Å²) in [4.78, 5) is 33.8. The molecular weight excluding hydrogens is 226 g/mol. The first-order chi connectivity index (χ1) is 7.99. The number of allylic oxidation sites excluding steroid dienone is 3. The van der Waals surface area contributed by atoms with Gasteiger partial charge in [0.05, 0.1) is 13.1 Å². The highest BCUT2D eigenvalue weighted by Gasteiger charge is 2.18. The van der Waals surface area contributed by atoms with E-state index in [4.69, 9.17) is 10.2 Å². The summed E-state index contributed by atoms with van der Waals surface area (Å²) in [5.74, 6) is -2.34. The van der Waals surface area contributed by atoms with Crippen molar-refractivity contribution in [2.24, 2.45) is 0 Å². The SMILES string of the molecule is O=C(O)CN(CC(=O)O)CC1=CC=CCC1=O. The molecule has 0 bridgehead atoms. The van der Waals surface area contributed by atoms with Crippen molar-refractivity contribution in [2.45, 2.75) is 6.42 Å². The van der Waals surface area contributed by atoms with Crippen LogP contribution in [0.25, 0.3) is 0 Å². The fourth-order valence-electron chi connectivity index (χ4n) is 1.52. The number of carbonyl (C=O) groups excluding carboxylic acids is 1. The number of rotatable bonds is 6.